The summed E-state index contributed by atoms with van der Waals surface area (Å²) in [6.45, 7) is 9.75. The lowest BCUT2D eigenvalue weighted by molar-refractivity contribution is 0.269. The molecular formula is C14H21N5. The molecular weight excluding hydrogens is 238 g/mol. The van der Waals surface area contributed by atoms with Gasteiger partial charge in [-0.1, -0.05) is 51.0 Å². The zero-order valence-electron chi connectivity index (χ0n) is 12.0. The summed E-state index contributed by atoms with van der Waals surface area (Å²) in [7, 11) is 0. The molecule has 5 nitrogen and oxygen atoms in total. The summed E-state index contributed by atoms with van der Waals surface area (Å²) in [5.41, 5.74) is 1.14. The number of benzene rings is 1. The lowest BCUT2D eigenvalue weighted by Crippen LogP contribution is -2.29. The van der Waals surface area contributed by atoms with Gasteiger partial charge in [0.2, 0.25) is 5.95 Å². The van der Waals surface area contributed by atoms with E-state index in [0.29, 0.717) is 11.9 Å². The number of nitrogens with zero attached hydrogens (tertiary/aromatic N) is 4. The van der Waals surface area contributed by atoms with Gasteiger partial charge >= 0.3 is 0 Å². The molecule has 102 valence electrons. The Hall–Kier alpha value is -1.91. The Balaban J connectivity index is 2.13. The molecule has 1 N–H and O–H groups in total. The minimum atomic E-state index is 0.188. The van der Waals surface area contributed by atoms with Gasteiger partial charge in [0.15, 0.2) is 0 Å². The summed E-state index contributed by atoms with van der Waals surface area (Å²) in [5, 5.41) is 15.2. The average Bonchev–Trinajstić information content (AvgIpc) is 2.85. The largest absolute Gasteiger partial charge is 0.352 e. The second-order valence-corrected chi connectivity index (χ2v) is 5.75. The number of hydrogen-bond acceptors (Lipinski definition) is 4. The summed E-state index contributed by atoms with van der Waals surface area (Å²) in [6, 6.07) is 9.88. The quantitative estimate of drug-likeness (QED) is 0.897. The van der Waals surface area contributed by atoms with E-state index in [1.807, 2.05) is 30.3 Å². The van der Waals surface area contributed by atoms with E-state index in [9.17, 15) is 0 Å². The number of hydrogen-bond donors (Lipinski definition) is 1. The van der Waals surface area contributed by atoms with E-state index in [2.05, 4.69) is 48.5 Å². The SMILES string of the molecule is CC(C)C(C)(C)CNc1nnnn1-c1ccccc1. The van der Waals surface area contributed by atoms with Crippen LogP contribution in [0.4, 0.5) is 5.95 Å². The van der Waals surface area contributed by atoms with Gasteiger partial charge in [0, 0.05) is 6.54 Å². The molecule has 0 saturated carbocycles. The highest BCUT2D eigenvalue weighted by Crippen LogP contribution is 2.26. The van der Waals surface area contributed by atoms with Gasteiger partial charge in [0.1, 0.15) is 0 Å². The van der Waals surface area contributed by atoms with Crippen LogP contribution in [0.2, 0.25) is 0 Å². The fourth-order valence-electron chi connectivity index (χ4n) is 1.55. The molecule has 5 heteroatoms. The summed E-state index contributed by atoms with van der Waals surface area (Å²) in [4.78, 5) is 0. The second-order valence-electron chi connectivity index (χ2n) is 5.75. The first kappa shape index (κ1) is 13.5. The molecule has 0 aliphatic carbocycles. The van der Waals surface area contributed by atoms with Crippen molar-refractivity contribution in [2.75, 3.05) is 11.9 Å². The van der Waals surface area contributed by atoms with Crippen LogP contribution in [0.3, 0.4) is 0 Å². The van der Waals surface area contributed by atoms with Crippen molar-refractivity contribution in [2.45, 2.75) is 27.7 Å². The van der Waals surface area contributed by atoms with Gasteiger partial charge in [-0.05, 0) is 33.9 Å². The monoisotopic (exact) mass is 259 g/mol. The van der Waals surface area contributed by atoms with Gasteiger partial charge in [-0.3, -0.25) is 0 Å². The maximum Gasteiger partial charge on any atom is 0.247 e. The minimum absolute atomic E-state index is 0.188. The highest BCUT2D eigenvalue weighted by molar-refractivity contribution is 5.38. The number of para-hydroxylation sites is 1. The fraction of sp³-hybridized carbons (Fsp3) is 0.500. The maximum atomic E-state index is 4.05. The molecule has 0 radical (unpaired) electrons. The van der Waals surface area contributed by atoms with Gasteiger partial charge < -0.3 is 5.32 Å². The molecule has 0 unspecified atom stereocenters. The molecule has 2 aromatic rings. The molecule has 0 atom stereocenters. The van der Waals surface area contributed by atoms with Crippen LogP contribution in [-0.2, 0) is 0 Å². The highest BCUT2D eigenvalue weighted by atomic mass is 15.6. The van der Waals surface area contributed by atoms with Crippen molar-refractivity contribution in [3.63, 3.8) is 0 Å². The van der Waals surface area contributed by atoms with Crippen molar-refractivity contribution in [2.24, 2.45) is 11.3 Å². The van der Waals surface area contributed by atoms with Crippen LogP contribution in [0.25, 0.3) is 5.69 Å². The molecule has 19 heavy (non-hydrogen) atoms. The Labute approximate surface area is 114 Å². The second kappa shape index (κ2) is 5.38. The fourth-order valence-corrected chi connectivity index (χ4v) is 1.55. The van der Waals surface area contributed by atoms with Crippen LogP contribution in [-0.4, -0.2) is 26.8 Å². The van der Waals surface area contributed by atoms with Crippen LogP contribution < -0.4 is 5.32 Å². The summed E-state index contributed by atoms with van der Waals surface area (Å²) in [6.07, 6.45) is 0. The molecule has 1 aromatic carbocycles. The first-order valence-electron chi connectivity index (χ1n) is 6.58. The predicted octanol–water partition coefficient (Wildman–Crippen LogP) is 2.76. The topological polar surface area (TPSA) is 55.6 Å². The van der Waals surface area contributed by atoms with Crippen molar-refractivity contribution in [3.05, 3.63) is 30.3 Å². The zero-order valence-corrected chi connectivity index (χ0v) is 12.0. The molecule has 1 aromatic heterocycles. The molecule has 0 aliphatic heterocycles. The third kappa shape index (κ3) is 3.10. The van der Waals surface area contributed by atoms with Crippen molar-refractivity contribution in [1.82, 2.24) is 20.2 Å². The zero-order chi connectivity index (χ0) is 13.9. The van der Waals surface area contributed by atoms with Gasteiger partial charge in [-0.15, -0.1) is 0 Å². The lowest BCUT2D eigenvalue weighted by atomic mass is 9.81. The Morgan fingerprint density at radius 1 is 1.21 bits per heavy atom. The van der Waals surface area contributed by atoms with Crippen LogP contribution in [0, 0.1) is 11.3 Å². The third-order valence-corrected chi connectivity index (χ3v) is 3.74. The summed E-state index contributed by atoms with van der Waals surface area (Å²) in [5.74, 6) is 1.26. The third-order valence-electron chi connectivity index (χ3n) is 3.74. The van der Waals surface area contributed by atoms with Crippen LogP contribution in [0.15, 0.2) is 30.3 Å². The van der Waals surface area contributed by atoms with E-state index in [4.69, 9.17) is 0 Å². The molecule has 0 spiro atoms. The highest BCUT2D eigenvalue weighted by Gasteiger charge is 2.23. The number of tetrazole rings is 1. The Kier molecular flexibility index (Phi) is 3.83. The van der Waals surface area contributed by atoms with Crippen LogP contribution >= 0.6 is 0 Å². The van der Waals surface area contributed by atoms with E-state index >= 15 is 0 Å². The Morgan fingerprint density at radius 2 is 1.89 bits per heavy atom. The van der Waals surface area contributed by atoms with Gasteiger partial charge in [-0.25, -0.2) is 0 Å². The molecule has 2 rings (SSSR count). The molecule has 0 aliphatic rings. The van der Waals surface area contributed by atoms with E-state index in [1.165, 1.54) is 0 Å². The van der Waals surface area contributed by atoms with Crippen LogP contribution in [0.1, 0.15) is 27.7 Å². The lowest BCUT2D eigenvalue weighted by Gasteiger charge is -2.29. The number of nitrogens with one attached hydrogen (secondary N) is 1. The van der Waals surface area contributed by atoms with Gasteiger partial charge in [-0.2, -0.15) is 4.68 Å². The summed E-state index contributed by atoms with van der Waals surface area (Å²) < 4.78 is 1.72. The van der Waals surface area contributed by atoms with Gasteiger partial charge in [0.25, 0.3) is 0 Å². The number of anilines is 1. The van der Waals surface area contributed by atoms with Crippen molar-refractivity contribution in [3.8, 4) is 5.69 Å². The smallest absolute Gasteiger partial charge is 0.247 e. The van der Waals surface area contributed by atoms with Crippen LogP contribution in [0.5, 0.6) is 0 Å². The molecule has 0 saturated heterocycles. The molecule has 0 fully saturated rings. The normalized spacial score (nSPS) is 11.8. The number of rotatable bonds is 5. The van der Waals surface area contributed by atoms with E-state index in [0.717, 1.165) is 12.2 Å². The maximum absolute atomic E-state index is 4.05. The first-order valence-corrected chi connectivity index (χ1v) is 6.58. The van der Waals surface area contributed by atoms with Crippen molar-refractivity contribution < 1.29 is 0 Å². The van der Waals surface area contributed by atoms with Crippen molar-refractivity contribution >= 4 is 5.95 Å². The molecule has 0 amide bonds. The molecule has 0 bridgehead atoms. The average molecular weight is 259 g/mol. The predicted molar refractivity (Wildman–Crippen MR) is 76.3 cm³/mol. The standard InChI is InChI=1S/C14H21N5/c1-11(2)14(3,4)10-15-13-16-17-18-19(13)12-8-6-5-7-9-12/h5-9,11H,10H2,1-4H3,(H,15,16,18). The van der Waals surface area contributed by atoms with Gasteiger partial charge in [0.05, 0.1) is 5.69 Å². The van der Waals surface area contributed by atoms with Crippen molar-refractivity contribution in [1.29, 1.82) is 0 Å². The first-order chi connectivity index (χ1) is 9.00. The van der Waals surface area contributed by atoms with E-state index in [-0.39, 0.29) is 5.41 Å². The Bertz CT molecular complexity index is 516. The number of aromatic nitrogens is 4. The summed E-state index contributed by atoms with van der Waals surface area (Å²) >= 11 is 0. The molecule has 1 heterocycles. The van der Waals surface area contributed by atoms with E-state index < -0.39 is 0 Å². The minimum Gasteiger partial charge on any atom is -0.352 e. The van der Waals surface area contributed by atoms with E-state index in [1.54, 1.807) is 4.68 Å². The Morgan fingerprint density at radius 3 is 2.53 bits per heavy atom.